The number of carbonyl (C=O) groups is 2. The average molecular weight is 307 g/mol. The zero-order chi connectivity index (χ0) is 15.4. The highest BCUT2D eigenvalue weighted by atomic mass is 32.1. The van der Waals surface area contributed by atoms with E-state index in [0.29, 0.717) is 36.3 Å². The second kappa shape index (κ2) is 4.90. The first-order chi connectivity index (χ1) is 9.87. The van der Waals surface area contributed by atoms with Crippen LogP contribution in [0, 0.1) is 23.2 Å². The molecule has 0 N–H and O–H groups in total. The lowest BCUT2D eigenvalue weighted by Crippen LogP contribution is -2.26. The predicted molar refractivity (Wildman–Crippen MR) is 80.4 cm³/mol. The standard InChI is InChI=1S/C16H21NO3S/c1-5-20-15(19)10-7-21-14(17-10)12-8(2)11(18)6-9-13(12)16(9,3)4/h7-9,12-13H,5-6H2,1-4H3. The van der Waals surface area contributed by atoms with Gasteiger partial charge in [0.05, 0.1) is 11.6 Å². The van der Waals surface area contributed by atoms with Gasteiger partial charge in [-0.15, -0.1) is 11.3 Å². The highest BCUT2D eigenvalue weighted by molar-refractivity contribution is 7.10. The van der Waals surface area contributed by atoms with Gasteiger partial charge in [0, 0.05) is 23.6 Å². The predicted octanol–water partition coefficient (Wildman–Crippen LogP) is 3.28. The van der Waals surface area contributed by atoms with Crippen LogP contribution in [0.15, 0.2) is 5.38 Å². The Morgan fingerprint density at radius 1 is 1.52 bits per heavy atom. The number of aromatic nitrogens is 1. The minimum absolute atomic E-state index is 0.00535. The summed E-state index contributed by atoms with van der Waals surface area (Å²) in [6.07, 6.45) is 0.700. The SMILES string of the molecule is CCOC(=O)c1csc(C2C(C)C(=O)CC3C2C3(C)C)n1. The van der Waals surface area contributed by atoms with E-state index in [-0.39, 0.29) is 23.2 Å². The van der Waals surface area contributed by atoms with Crippen molar-refractivity contribution < 1.29 is 14.3 Å². The molecular formula is C16H21NO3S. The van der Waals surface area contributed by atoms with Crippen LogP contribution in [-0.2, 0) is 9.53 Å². The summed E-state index contributed by atoms with van der Waals surface area (Å²) in [5.41, 5.74) is 0.581. The number of fused-ring (bicyclic) bond motifs is 1. The van der Waals surface area contributed by atoms with Crippen LogP contribution in [0.3, 0.4) is 0 Å². The van der Waals surface area contributed by atoms with Crippen molar-refractivity contribution in [2.24, 2.45) is 23.2 Å². The molecule has 21 heavy (non-hydrogen) atoms. The lowest BCUT2D eigenvalue weighted by molar-refractivity contribution is -0.125. The largest absolute Gasteiger partial charge is 0.461 e. The molecule has 4 unspecified atom stereocenters. The van der Waals surface area contributed by atoms with Gasteiger partial charge in [-0.3, -0.25) is 4.79 Å². The number of ketones is 1. The van der Waals surface area contributed by atoms with Gasteiger partial charge < -0.3 is 4.74 Å². The summed E-state index contributed by atoms with van der Waals surface area (Å²) in [6.45, 7) is 8.61. The molecule has 1 heterocycles. The van der Waals surface area contributed by atoms with E-state index >= 15 is 0 Å². The second-order valence-electron chi connectivity index (χ2n) is 6.73. The van der Waals surface area contributed by atoms with E-state index in [2.05, 4.69) is 18.8 Å². The van der Waals surface area contributed by atoms with Crippen molar-refractivity contribution >= 4 is 23.1 Å². The van der Waals surface area contributed by atoms with Gasteiger partial charge >= 0.3 is 5.97 Å². The van der Waals surface area contributed by atoms with E-state index in [1.54, 1.807) is 12.3 Å². The number of Topliss-reactive ketones (excluding diaryl/α,β-unsaturated/α-hetero) is 1. The van der Waals surface area contributed by atoms with E-state index in [9.17, 15) is 9.59 Å². The van der Waals surface area contributed by atoms with Crippen LogP contribution in [0.25, 0.3) is 0 Å². The Morgan fingerprint density at radius 3 is 2.90 bits per heavy atom. The quantitative estimate of drug-likeness (QED) is 0.804. The summed E-state index contributed by atoms with van der Waals surface area (Å²) >= 11 is 1.48. The molecule has 2 fully saturated rings. The Balaban J connectivity index is 1.88. The Kier molecular flexibility index (Phi) is 3.43. The fourth-order valence-electron chi connectivity index (χ4n) is 3.91. The van der Waals surface area contributed by atoms with Gasteiger partial charge in [-0.25, -0.2) is 9.78 Å². The molecule has 2 aliphatic carbocycles. The smallest absolute Gasteiger partial charge is 0.357 e. The number of ether oxygens (including phenoxy) is 1. The third-order valence-corrected chi connectivity index (χ3v) is 6.23. The van der Waals surface area contributed by atoms with Crippen molar-refractivity contribution in [3.8, 4) is 0 Å². The van der Waals surface area contributed by atoms with Crippen molar-refractivity contribution in [1.29, 1.82) is 0 Å². The molecule has 4 nitrogen and oxygen atoms in total. The van der Waals surface area contributed by atoms with Crippen LogP contribution in [-0.4, -0.2) is 23.3 Å². The average Bonchev–Trinajstić information content (AvgIpc) is 2.81. The Bertz CT molecular complexity index is 592. The van der Waals surface area contributed by atoms with Crippen LogP contribution >= 0.6 is 11.3 Å². The third kappa shape index (κ3) is 2.22. The van der Waals surface area contributed by atoms with Gasteiger partial charge in [-0.2, -0.15) is 0 Å². The minimum atomic E-state index is -0.374. The summed E-state index contributed by atoms with van der Waals surface area (Å²) < 4.78 is 4.99. The molecule has 4 atom stereocenters. The topological polar surface area (TPSA) is 56.3 Å². The highest BCUT2D eigenvalue weighted by Crippen LogP contribution is 2.69. The first-order valence-electron chi connectivity index (χ1n) is 7.53. The van der Waals surface area contributed by atoms with E-state index in [4.69, 9.17) is 4.74 Å². The first-order valence-corrected chi connectivity index (χ1v) is 8.41. The minimum Gasteiger partial charge on any atom is -0.461 e. The summed E-state index contributed by atoms with van der Waals surface area (Å²) in [5.74, 6) is 1.09. The Hall–Kier alpha value is -1.23. The molecule has 0 saturated heterocycles. The van der Waals surface area contributed by atoms with Gasteiger partial charge in [0.2, 0.25) is 0 Å². The molecule has 0 radical (unpaired) electrons. The zero-order valence-electron chi connectivity index (χ0n) is 12.9. The van der Waals surface area contributed by atoms with Crippen molar-refractivity contribution in [2.45, 2.75) is 40.0 Å². The van der Waals surface area contributed by atoms with Gasteiger partial charge in [-0.1, -0.05) is 20.8 Å². The summed E-state index contributed by atoms with van der Waals surface area (Å²) in [4.78, 5) is 28.5. The van der Waals surface area contributed by atoms with Gasteiger partial charge in [-0.05, 0) is 24.2 Å². The third-order valence-electron chi connectivity index (χ3n) is 5.29. The van der Waals surface area contributed by atoms with Crippen molar-refractivity contribution in [2.75, 3.05) is 6.61 Å². The number of rotatable bonds is 3. The van der Waals surface area contributed by atoms with Crippen LogP contribution in [0.2, 0.25) is 0 Å². The molecule has 2 saturated carbocycles. The normalized spacial score (nSPS) is 33.4. The van der Waals surface area contributed by atoms with Crippen LogP contribution in [0.5, 0.6) is 0 Å². The molecule has 1 aromatic rings. The molecule has 0 bridgehead atoms. The maximum absolute atomic E-state index is 12.2. The molecule has 3 rings (SSSR count). The molecule has 0 amide bonds. The monoisotopic (exact) mass is 307 g/mol. The lowest BCUT2D eigenvalue weighted by Gasteiger charge is -2.25. The van der Waals surface area contributed by atoms with Crippen LogP contribution in [0.1, 0.15) is 55.5 Å². The molecule has 2 aliphatic rings. The Morgan fingerprint density at radius 2 is 2.24 bits per heavy atom. The molecule has 0 aromatic carbocycles. The summed E-state index contributed by atoms with van der Waals surface area (Å²) in [6, 6.07) is 0. The second-order valence-corrected chi connectivity index (χ2v) is 7.62. The van der Waals surface area contributed by atoms with Crippen LogP contribution < -0.4 is 0 Å². The highest BCUT2D eigenvalue weighted by Gasteiger charge is 2.65. The van der Waals surface area contributed by atoms with E-state index in [1.165, 1.54) is 11.3 Å². The van der Waals surface area contributed by atoms with Gasteiger partial charge in [0.15, 0.2) is 5.69 Å². The number of hydrogen-bond donors (Lipinski definition) is 0. The lowest BCUT2D eigenvalue weighted by atomic mass is 9.79. The molecule has 5 heteroatoms. The maximum Gasteiger partial charge on any atom is 0.357 e. The van der Waals surface area contributed by atoms with Crippen molar-refractivity contribution in [1.82, 2.24) is 4.98 Å². The molecule has 1 aromatic heterocycles. The zero-order valence-corrected chi connectivity index (χ0v) is 13.7. The van der Waals surface area contributed by atoms with Gasteiger partial charge in [0.1, 0.15) is 5.78 Å². The molecular weight excluding hydrogens is 286 g/mol. The summed E-state index contributed by atoms with van der Waals surface area (Å²) in [7, 11) is 0. The number of nitrogens with zero attached hydrogens (tertiary/aromatic N) is 1. The number of esters is 1. The molecule has 114 valence electrons. The molecule has 0 spiro atoms. The fraction of sp³-hybridized carbons (Fsp3) is 0.688. The van der Waals surface area contributed by atoms with Gasteiger partial charge in [0.25, 0.3) is 0 Å². The van der Waals surface area contributed by atoms with Crippen molar-refractivity contribution in [3.63, 3.8) is 0 Å². The van der Waals surface area contributed by atoms with E-state index in [1.807, 2.05) is 6.92 Å². The number of carbonyl (C=O) groups excluding carboxylic acids is 2. The van der Waals surface area contributed by atoms with E-state index in [0.717, 1.165) is 5.01 Å². The Labute approximate surface area is 128 Å². The first kappa shape index (κ1) is 14.7. The number of thiazole rings is 1. The maximum atomic E-state index is 12.2. The van der Waals surface area contributed by atoms with E-state index < -0.39 is 0 Å². The molecule has 0 aliphatic heterocycles. The van der Waals surface area contributed by atoms with Crippen LogP contribution in [0.4, 0.5) is 0 Å². The summed E-state index contributed by atoms with van der Waals surface area (Å²) in [5, 5.41) is 2.67. The fourth-order valence-corrected chi connectivity index (χ4v) is 4.95. The van der Waals surface area contributed by atoms with Crippen molar-refractivity contribution in [3.05, 3.63) is 16.1 Å². The number of hydrogen-bond acceptors (Lipinski definition) is 5.